The molecule has 0 aromatic rings. The highest BCUT2D eigenvalue weighted by Gasteiger charge is 2.36. The Hall–Kier alpha value is -1.14. The predicted molar refractivity (Wildman–Crippen MR) is 66.3 cm³/mol. The van der Waals surface area contributed by atoms with Crippen LogP contribution < -0.4 is 5.32 Å². The number of aliphatic carboxylic acids is 1. The molecule has 1 fully saturated rings. The van der Waals surface area contributed by atoms with Crippen LogP contribution in [0.3, 0.4) is 0 Å². The number of ether oxygens (including phenoxy) is 1. The van der Waals surface area contributed by atoms with Crippen molar-refractivity contribution in [2.24, 2.45) is 5.92 Å². The molecule has 18 heavy (non-hydrogen) atoms. The summed E-state index contributed by atoms with van der Waals surface area (Å²) in [6, 6.07) is -0.588. The molecule has 6 heteroatoms. The van der Waals surface area contributed by atoms with Gasteiger partial charge in [0.05, 0.1) is 12.5 Å². The van der Waals surface area contributed by atoms with E-state index in [0.29, 0.717) is 19.7 Å². The predicted octanol–water partition coefficient (Wildman–Crippen LogP) is -0.0675. The van der Waals surface area contributed by atoms with Crippen LogP contribution >= 0.6 is 0 Å². The normalized spacial score (nSPS) is 24.3. The number of hydrogen-bond acceptors (Lipinski definition) is 5. The Labute approximate surface area is 107 Å². The van der Waals surface area contributed by atoms with Gasteiger partial charge in [-0.1, -0.05) is 6.92 Å². The maximum Gasteiger partial charge on any atom is 0.324 e. The Balaban J connectivity index is 2.75. The van der Waals surface area contributed by atoms with Crippen LogP contribution in [0.4, 0.5) is 0 Å². The van der Waals surface area contributed by atoms with E-state index >= 15 is 0 Å². The number of carbonyl (C=O) groups is 2. The molecular formula is C12H22N2O4. The zero-order chi connectivity index (χ0) is 13.7. The fourth-order valence-corrected chi connectivity index (χ4v) is 2.16. The summed E-state index contributed by atoms with van der Waals surface area (Å²) in [4.78, 5) is 24.8. The van der Waals surface area contributed by atoms with Crippen LogP contribution in [-0.2, 0) is 14.3 Å². The van der Waals surface area contributed by atoms with Crippen LogP contribution in [0.2, 0.25) is 0 Å². The third-order valence-corrected chi connectivity index (χ3v) is 3.48. The molecule has 1 aliphatic rings. The number of nitrogens with zero attached hydrogens (tertiary/aromatic N) is 1. The second-order valence-electron chi connectivity index (χ2n) is 4.58. The van der Waals surface area contributed by atoms with Gasteiger partial charge in [0, 0.05) is 25.7 Å². The number of carboxylic acids is 1. The van der Waals surface area contributed by atoms with Gasteiger partial charge in [0.25, 0.3) is 0 Å². The van der Waals surface area contributed by atoms with Gasteiger partial charge in [0.1, 0.15) is 6.04 Å². The molecule has 1 rings (SSSR count). The summed E-state index contributed by atoms with van der Waals surface area (Å²) in [7, 11) is 0. The van der Waals surface area contributed by atoms with E-state index in [4.69, 9.17) is 9.84 Å². The van der Waals surface area contributed by atoms with Crippen molar-refractivity contribution in [1.29, 1.82) is 0 Å². The largest absolute Gasteiger partial charge is 0.481 e. The molecule has 1 aliphatic heterocycles. The van der Waals surface area contributed by atoms with Gasteiger partial charge in [-0.25, -0.2) is 0 Å². The number of nitrogens with one attached hydrogen (secondary N) is 1. The molecule has 0 aromatic carbocycles. The monoisotopic (exact) mass is 258 g/mol. The van der Waals surface area contributed by atoms with Crippen LogP contribution in [0.25, 0.3) is 0 Å². The van der Waals surface area contributed by atoms with Crippen molar-refractivity contribution in [1.82, 2.24) is 10.2 Å². The second-order valence-corrected chi connectivity index (χ2v) is 4.58. The van der Waals surface area contributed by atoms with Gasteiger partial charge in [0.15, 0.2) is 0 Å². The van der Waals surface area contributed by atoms with Crippen LogP contribution in [-0.4, -0.2) is 60.3 Å². The highest BCUT2D eigenvalue weighted by Crippen LogP contribution is 2.17. The molecular weight excluding hydrogens is 236 g/mol. The molecule has 0 saturated carbocycles. The van der Waals surface area contributed by atoms with E-state index < -0.39 is 17.9 Å². The summed E-state index contributed by atoms with van der Waals surface area (Å²) in [5.74, 6) is -1.64. The minimum absolute atomic E-state index is 0.195. The van der Waals surface area contributed by atoms with E-state index in [-0.39, 0.29) is 12.0 Å². The number of hydrogen-bond donors (Lipinski definition) is 2. The Morgan fingerprint density at radius 3 is 2.72 bits per heavy atom. The summed E-state index contributed by atoms with van der Waals surface area (Å²) in [6.07, 6.45) is 0. The third-order valence-electron chi connectivity index (χ3n) is 3.48. The maximum atomic E-state index is 11.9. The minimum Gasteiger partial charge on any atom is -0.481 e. The Bertz CT molecular complexity index is 308. The van der Waals surface area contributed by atoms with Crippen molar-refractivity contribution < 1.29 is 19.4 Å². The molecule has 104 valence electrons. The standard InChI is InChI=1S/C12H22N2O4/c1-4-18-12(17)10-7-13-5-6-14(10)9(3)8(2)11(15)16/h8-10,13H,4-7H2,1-3H3,(H,15,16). The summed E-state index contributed by atoms with van der Waals surface area (Å²) >= 11 is 0. The zero-order valence-electron chi connectivity index (χ0n) is 11.2. The number of carboxylic acid groups (broad SMARTS) is 1. The van der Waals surface area contributed by atoms with E-state index in [0.717, 1.165) is 6.54 Å². The first-order valence-corrected chi connectivity index (χ1v) is 6.35. The lowest BCUT2D eigenvalue weighted by Crippen LogP contribution is -2.59. The second kappa shape index (κ2) is 6.70. The Kier molecular flexibility index (Phi) is 5.55. The summed E-state index contributed by atoms with van der Waals surface area (Å²) < 4.78 is 5.03. The van der Waals surface area contributed by atoms with Gasteiger partial charge in [-0.3, -0.25) is 14.5 Å². The lowest BCUT2D eigenvalue weighted by atomic mass is 9.99. The van der Waals surface area contributed by atoms with E-state index in [2.05, 4.69) is 5.32 Å². The number of carbonyl (C=O) groups excluding carboxylic acids is 1. The molecule has 0 spiro atoms. The first kappa shape index (κ1) is 14.9. The van der Waals surface area contributed by atoms with Crippen molar-refractivity contribution in [2.75, 3.05) is 26.2 Å². The fourth-order valence-electron chi connectivity index (χ4n) is 2.16. The lowest BCUT2D eigenvalue weighted by Gasteiger charge is -2.39. The van der Waals surface area contributed by atoms with Crippen LogP contribution in [0, 0.1) is 5.92 Å². The molecule has 0 aromatic heterocycles. The number of rotatable bonds is 5. The SMILES string of the molecule is CCOC(=O)C1CNCCN1C(C)C(C)C(=O)O. The Morgan fingerprint density at radius 1 is 1.50 bits per heavy atom. The third kappa shape index (κ3) is 3.43. The van der Waals surface area contributed by atoms with Crippen molar-refractivity contribution in [3.05, 3.63) is 0 Å². The maximum absolute atomic E-state index is 11.9. The van der Waals surface area contributed by atoms with Gasteiger partial charge in [-0.05, 0) is 13.8 Å². The molecule has 0 bridgehead atoms. The van der Waals surface area contributed by atoms with Crippen LogP contribution in [0.5, 0.6) is 0 Å². The molecule has 1 saturated heterocycles. The first-order valence-electron chi connectivity index (χ1n) is 6.35. The van der Waals surface area contributed by atoms with E-state index in [1.165, 1.54) is 0 Å². The van der Waals surface area contributed by atoms with Crippen LogP contribution in [0.15, 0.2) is 0 Å². The molecule has 0 radical (unpaired) electrons. The molecule has 3 atom stereocenters. The van der Waals surface area contributed by atoms with Crippen LogP contribution in [0.1, 0.15) is 20.8 Å². The summed E-state index contributed by atoms with van der Waals surface area (Å²) in [5, 5.41) is 12.2. The van der Waals surface area contributed by atoms with Gasteiger partial charge in [0.2, 0.25) is 0 Å². The summed E-state index contributed by atoms with van der Waals surface area (Å²) in [6.45, 7) is 7.53. The zero-order valence-corrected chi connectivity index (χ0v) is 11.2. The van der Waals surface area contributed by atoms with Gasteiger partial charge in [-0.2, -0.15) is 0 Å². The van der Waals surface area contributed by atoms with Crippen molar-refractivity contribution in [3.63, 3.8) is 0 Å². The van der Waals surface area contributed by atoms with E-state index in [9.17, 15) is 9.59 Å². The average Bonchev–Trinajstić information content (AvgIpc) is 2.37. The molecule has 1 heterocycles. The van der Waals surface area contributed by atoms with Crippen molar-refractivity contribution in [3.8, 4) is 0 Å². The first-order chi connectivity index (χ1) is 8.49. The van der Waals surface area contributed by atoms with Gasteiger partial charge < -0.3 is 15.2 Å². The fraction of sp³-hybridized carbons (Fsp3) is 0.833. The van der Waals surface area contributed by atoms with Crippen molar-refractivity contribution >= 4 is 11.9 Å². The number of esters is 1. The molecule has 0 amide bonds. The molecule has 6 nitrogen and oxygen atoms in total. The highest BCUT2D eigenvalue weighted by molar-refractivity contribution is 5.76. The number of piperazine rings is 1. The van der Waals surface area contributed by atoms with E-state index in [1.807, 2.05) is 11.8 Å². The smallest absolute Gasteiger partial charge is 0.324 e. The quantitative estimate of drug-likeness (QED) is 0.672. The molecule has 0 aliphatic carbocycles. The van der Waals surface area contributed by atoms with Gasteiger partial charge in [-0.15, -0.1) is 0 Å². The summed E-state index contributed by atoms with van der Waals surface area (Å²) in [5.41, 5.74) is 0. The highest BCUT2D eigenvalue weighted by atomic mass is 16.5. The Morgan fingerprint density at radius 2 is 2.17 bits per heavy atom. The average molecular weight is 258 g/mol. The van der Waals surface area contributed by atoms with E-state index in [1.54, 1.807) is 13.8 Å². The topological polar surface area (TPSA) is 78.9 Å². The lowest BCUT2D eigenvalue weighted by molar-refractivity contribution is -0.154. The van der Waals surface area contributed by atoms with Crippen molar-refractivity contribution in [2.45, 2.75) is 32.9 Å². The molecule has 2 N–H and O–H groups in total. The minimum atomic E-state index is -0.844. The van der Waals surface area contributed by atoms with Gasteiger partial charge >= 0.3 is 11.9 Å². The molecule has 3 unspecified atom stereocenters.